The van der Waals surface area contributed by atoms with Gasteiger partial charge in [-0.05, 0) is 46.1 Å². The Morgan fingerprint density at radius 3 is 1.33 bits per heavy atom. The molecule has 2 aromatic rings. The fourth-order valence-electron chi connectivity index (χ4n) is 0.508. The summed E-state index contributed by atoms with van der Waals surface area (Å²) in [5, 5.41) is 10.1. The van der Waals surface area contributed by atoms with Crippen LogP contribution < -0.4 is 0 Å². The smallest absolute Gasteiger partial charge is 0.187 e. The van der Waals surface area contributed by atoms with Crippen molar-refractivity contribution in [2.75, 3.05) is 0 Å². The monoisotopic (exact) mass is 264 g/mol. The number of rotatable bonds is 0. The second kappa shape index (κ2) is 6.39. The molecule has 0 amide bonds. The van der Waals surface area contributed by atoms with E-state index in [4.69, 9.17) is 34.8 Å². The number of nitrogens with zero attached hydrogens (tertiary/aromatic N) is 6. The Morgan fingerprint density at radius 1 is 0.733 bits per heavy atom. The Bertz CT molecular complexity index is 334. The van der Waals surface area contributed by atoms with E-state index in [9.17, 15) is 0 Å². The Kier molecular flexibility index (Phi) is 5.09. The Labute approximate surface area is 99.7 Å². The Hall–Kier alpha value is -1.11. The van der Waals surface area contributed by atoms with Crippen molar-refractivity contribution in [3.63, 3.8) is 0 Å². The zero-order valence-corrected chi connectivity index (χ0v) is 9.32. The summed E-state index contributed by atoms with van der Waals surface area (Å²) in [6.45, 7) is 0. The van der Waals surface area contributed by atoms with Crippen LogP contribution in [0.25, 0.3) is 0 Å². The predicted octanol–water partition coefficient (Wildman–Crippen LogP) is 1.70. The van der Waals surface area contributed by atoms with Crippen molar-refractivity contribution in [1.29, 1.82) is 0 Å². The third kappa shape index (κ3) is 5.36. The van der Waals surface area contributed by atoms with Gasteiger partial charge < -0.3 is 0 Å². The van der Waals surface area contributed by atoms with Crippen molar-refractivity contribution in [2.45, 2.75) is 0 Å². The van der Waals surface area contributed by atoms with Gasteiger partial charge in [-0.3, -0.25) is 0 Å². The third-order valence-electron chi connectivity index (χ3n) is 0.962. The van der Waals surface area contributed by atoms with Crippen LogP contribution in [0.1, 0.15) is 0 Å². The summed E-state index contributed by atoms with van der Waals surface area (Å²) in [6.07, 6.45) is 3.15. The summed E-state index contributed by atoms with van der Waals surface area (Å²) in [7, 11) is 0. The molecule has 2 aromatic heterocycles. The topological polar surface area (TPSA) is 77.3 Å². The first-order valence-corrected chi connectivity index (χ1v) is 4.63. The van der Waals surface area contributed by atoms with Gasteiger partial charge in [-0.15, -0.1) is 10.2 Å². The maximum Gasteiger partial charge on any atom is 0.227 e. The van der Waals surface area contributed by atoms with Crippen LogP contribution in [0.2, 0.25) is 15.9 Å². The van der Waals surface area contributed by atoms with E-state index in [0.29, 0.717) is 0 Å². The molecule has 0 aliphatic rings. The van der Waals surface area contributed by atoms with Gasteiger partial charge in [0.15, 0.2) is 0 Å². The largest absolute Gasteiger partial charge is 0.227 e. The first-order valence-electron chi connectivity index (χ1n) is 3.49. The maximum absolute atomic E-state index is 5.32. The van der Waals surface area contributed by atoms with E-state index in [1.807, 2.05) is 0 Å². The summed E-state index contributed by atoms with van der Waals surface area (Å²) >= 11 is 16.0. The number of hydrogen-bond acceptors (Lipinski definition) is 6. The molecular weight excluding hydrogens is 262 g/mol. The average Bonchev–Trinajstić information content (AvgIpc) is 2.19. The van der Waals surface area contributed by atoms with Gasteiger partial charge >= 0.3 is 0 Å². The number of hydrogen-bond donors (Lipinski definition) is 0. The quantitative estimate of drug-likeness (QED) is 0.721. The molecule has 0 aromatic carbocycles. The van der Waals surface area contributed by atoms with Crippen molar-refractivity contribution in [1.82, 2.24) is 30.4 Å². The zero-order valence-electron chi connectivity index (χ0n) is 7.05. The Morgan fingerprint density at radius 2 is 1.13 bits per heavy atom. The lowest BCUT2D eigenvalue weighted by atomic mass is 10.7. The molecule has 0 aliphatic carbocycles. The van der Waals surface area contributed by atoms with Crippen molar-refractivity contribution in [3.8, 4) is 0 Å². The van der Waals surface area contributed by atoms with E-state index in [1.165, 1.54) is 0 Å². The molecule has 0 fully saturated rings. The van der Waals surface area contributed by atoms with Crippen molar-refractivity contribution in [3.05, 3.63) is 34.3 Å². The standard InChI is InChI=1S/C3Cl3N3.C3H3N3/c4-1-7-2(5)9-3(6)8-1;1-2-4-6-5-3-1/h;1-3H. The molecule has 15 heavy (non-hydrogen) atoms. The SMILES string of the molecule is Clc1nc(Cl)nc(Cl)n1.c1cnnnc1. The molecule has 0 saturated heterocycles. The van der Waals surface area contributed by atoms with Crippen LogP contribution in [0.5, 0.6) is 0 Å². The normalized spacial score (nSPS) is 9.00. The number of halogens is 3. The van der Waals surface area contributed by atoms with E-state index in [2.05, 4.69) is 30.4 Å². The van der Waals surface area contributed by atoms with E-state index >= 15 is 0 Å². The van der Waals surface area contributed by atoms with E-state index < -0.39 is 0 Å². The summed E-state index contributed by atoms with van der Waals surface area (Å²) in [5.41, 5.74) is 0. The lowest BCUT2D eigenvalue weighted by molar-refractivity contribution is 0.865. The second-order valence-corrected chi connectivity index (χ2v) is 2.97. The molecule has 0 spiro atoms. The van der Waals surface area contributed by atoms with Crippen LogP contribution in [0, 0.1) is 0 Å². The highest BCUT2D eigenvalue weighted by molar-refractivity contribution is 6.33. The number of aromatic nitrogens is 6. The first-order chi connectivity index (χ1) is 7.18. The lowest BCUT2D eigenvalue weighted by Crippen LogP contribution is -1.87. The van der Waals surface area contributed by atoms with Gasteiger partial charge in [0.05, 0.1) is 12.4 Å². The van der Waals surface area contributed by atoms with E-state index in [-0.39, 0.29) is 15.9 Å². The van der Waals surface area contributed by atoms with Gasteiger partial charge in [-0.2, -0.15) is 15.0 Å². The highest BCUT2D eigenvalue weighted by Crippen LogP contribution is 2.08. The zero-order chi connectivity index (χ0) is 11.1. The van der Waals surface area contributed by atoms with Crippen LogP contribution >= 0.6 is 34.8 Å². The molecule has 0 bridgehead atoms. The minimum absolute atomic E-state index is 0.000000000000000444. The fraction of sp³-hybridized carbons (Fsp3) is 0. The van der Waals surface area contributed by atoms with Crippen molar-refractivity contribution in [2.24, 2.45) is 0 Å². The van der Waals surface area contributed by atoms with Crippen LogP contribution in [-0.2, 0) is 0 Å². The summed E-state index contributed by atoms with van der Waals surface area (Å²) in [6, 6.07) is 1.72. The highest BCUT2D eigenvalue weighted by atomic mass is 35.5. The molecule has 0 aliphatic heterocycles. The summed E-state index contributed by atoms with van der Waals surface area (Å²) in [4.78, 5) is 10.4. The van der Waals surface area contributed by atoms with Crippen LogP contribution in [0.3, 0.4) is 0 Å². The first kappa shape index (κ1) is 12.0. The highest BCUT2D eigenvalue weighted by Gasteiger charge is 1.97. The molecular formula is C6H3Cl3N6. The Balaban J connectivity index is 0.000000162. The molecule has 0 atom stereocenters. The van der Waals surface area contributed by atoms with E-state index in [0.717, 1.165) is 0 Å². The minimum Gasteiger partial charge on any atom is -0.187 e. The average molecular weight is 265 g/mol. The van der Waals surface area contributed by atoms with Gasteiger partial charge in [-0.25, -0.2) is 0 Å². The van der Waals surface area contributed by atoms with Crippen LogP contribution in [0.15, 0.2) is 18.5 Å². The summed E-state index contributed by atoms with van der Waals surface area (Å²) in [5.74, 6) is 0. The molecule has 2 rings (SSSR count). The summed E-state index contributed by atoms with van der Waals surface area (Å²) < 4.78 is 0. The molecule has 0 saturated carbocycles. The third-order valence-corrected chi connectivity index (χ3v) is 1.47. The molecule has 0 radical (unpaired) electrons. The van der Waals surface area contributed by atoms with Gasteiger partial charge in [0.2, 0.25) is 15.9 Å². The molecule has 0 unspecified atom stereocenters. The molecule has 0 N–H and O–H groups in total. The van der Waals surface area contributed by atoms with Gasteiger partial charge in [0.25, 0.3) is 0 Å². The minimum atomic E-state index is 0.000000000000000444. The second-order valence-electron chi connectivity index (χ2n) is 1.95. The predicted molar refractivity (Wildman–Crippen MR) is 54.7 cm³/mol. The molecule has 9 heteroatoms. The van der Waals surface area contributed by atoms with Gasteiger partial charge in [0, 0.05) is 0 Å². The molecule has 2 heterocycles. The van der Waals surface area contributed by atoms with Crippen LogP contribution in [-0.4, -0.2) is 30.4 Å². The van der Waals surface area contributed by atoms with Gasteiger partial charge in [0.1, 0.15) is 0 Å². The molecule has 6 nitrogen and oxygen atoms in total. The van der Waals surface area contributed by atoms with Gasteiger partial charge in [-0.1, -0.05) is 0 Å². The fourth-order valence-corrected chi connectivity index (χ4v) is 1.12. The maximum atomic E-state index is 5.32. The van der Waals surface area contributed by atoms with Crippen molar-refractivity contribution < 1.29 is 0 Å². The van der Waals surface area contributed by atoms with E-state index in [1.54, 1.807) is 18.5 Å². The van der Waals surface area contributed by atoms with Crippen LogP contribution in [0.4, 0.5) is 0 Å². The van der Waals surface area contributed by atoms with Crippen molar-refractivity contribution >= 4 is 34.8 Å². The lowest BCUT2D eigenvalue weighted by Gasteiger charge is -1.88. The molecule has 78 valence electrons.